The molecule has 0 bridgehead atoms. The Kier molecular flexibility index (Phi) is 4.77. The highest BCUT2D eigenvalue weighted by Gasteiger charge is 2.23. The molecule has 0 aromatic heterocycles. The molecule has 4 heteroatoms. The summed E-state index contributed by atoms with van der Waals surface area (Å²) >= 11 is 5.36. The summed E-state index contributed by atoms with van der Waals surface area (Å²) in [6.07, 6.45) is 2.87. The van der Waals surface area contributed by atoms with Crippen molar-refractivity contribution < 1.29 is 9.84 Å². The first-order valence-electron chi connectivity index (χ1n) is 5.83. The SMILES string of the molecule is COc1ccc(CC(O)C2CCCS2)cc1Br. The molecule has 0 spiro atoms. The highest BCUT2D eigenvalue weighted by atomic mass is 79.9. The summed E-state index contributed by atoms with van der Waals surface area (Å²) in [4.78, 5) is 0. The van der Waals surface area contributed by atoms with Crippen molar-refractivity contribution in [3.63, 3.8) is 0 Å². The molecule has 0 aliphatic carbocycles. The van der Waals surface area contributed by atoms with Gasteiger partial charge in [0.25, 0.3) is 0 Å². The number of benzene rings is 1. The summed E-state index contributed by atoms with van der Waals surface area (Å²) in [5.74, 6) is 2.02. The van der Waals surface area contributed by atoms with E-state index in [0.29, 0.717) is 5.25 Å². The molecule has 1 saturated heterocycles. The van der Waals surface area contributed by atoms with Crippen LogP contribution in [0.3, 0.4) is 0 Å². The molecule has 0 amide bonds. The molecule has 2 nitrogen and oxygen atoms in total. The Hall–Kier alpha value is -0.190. The largest absolute Gasteiger partial charge is 0.496 e. The molecule has 1 N–H and O–H groups in total. The third-order valence-corrected chi connectivity index (χ3v) is 5.18. The van der Waals surface area contributed by atoms with Crippen LogP contribution in [0.15, 0.2) is 22.7 Å². The van der Waals surface area contributed by atoms with E-state index >= 15 is 0 Å². The minimum absolute atomic E-state index is 0.234. The molecule has 1 heterocycles. The Labute approximate surface area is 115 Å². The molecular weight excluding hydrogens is 300 g/mol. The van der Waals surface area contributed by atoms with Gasteiger partial charge in [0.1, 0.15) is 5.75 Å². The second kappa shape index (κ2) is 6.12. The van der Waals surface area contributed by atoms with Crippen LogP contribution in [0.1, 0.15) is 18.4 Å². The fourth-order valence-electron chi connectivity index (χ4n) is 2.12. The van der Waals surface area contributed by atoms with Crippen LogP contribution in [-0.2, 0) is 6.42 Å². The molecule has 17 heavy (non-hydrogen) atoms. The quantitative estimate of drug-likeness (QED) is 0.924. The Morgan fingerprint density at radius 2 is 2.41 bits per heavy atom. The highest BCUT2D eigenvalue weighted by molar-refractivity contribution is 9.10. The zero-order valence-corrected chi connectivity index (χ0v) is 12.3. The van der Waals surface area contributed by atoms with Crippen molar-refractivity contribution in [1.29, 1.82) is 0 Å². The molecule has 2 unspecified atom stereocenters. The van der Waals surface area contributed by atoms with Crippen molar-refractivity contribution in [2.75, 3.05) is 12.9 Å². The Bertz CT molecular complexity index is 378. The first kappa shape index (κ1) is 13.2. The Balaban J connectivity index is 2.00. The highest BCUT2D eigenvalue weighted by Crippen LogP contribution is 2.31. The van der Waals surface area contributed by atoms with E-state index in [1.54, 1.807) is 7.11 Å². The van der Waals surface area contributed by atoms with Crippen LogP contribution < -0.4 is 4.74 Å². The van der Waals surface area contributed by atoms with E-state index in [0.717, 1.165) is 28.6 Å². The Morgan fingerprint density at radius 1 is 1.59 bits per heavy atom. The third-order valence-electron chi connectivity index (χ3n) is 3.06. The summed E-state index contributed by atoms with van der Waals surface area (Å²) < 4.78 is 6.14. The number of halogens is 1. The first-order valence-corrected chi connectivity index (χ1v) is 7.67. The minimum Gasteiger partial charge on any atom is -0.496 e. The number of thioether (sulfide) groups is 1. The van der Waals surface area contributed by atoms with Crippen molar-refractivity contribution >= 4 is 27.7 Å². The molecule has 0 radical (unpaired) electrons. The zero-order chi connectivity index (χ0) is 12.3. The fraction of sp³-hybridized carbons (Fsp3) is 0.538. The maximum atomic E-state index is 10.2. The topological polar surface area (TPSA) is 29.5 Å². The molecule has 2 rings (SSSR count). The minimum atomic E-state index is -0.234. The Morgan fingerprint density at radius 3 is 3.00 bits per heavy atom. The van der Waals surface area contributed by atoms with Crippen LogP contribution in [-0.4, -0.2) is 29.3 Å². The predicted octanol–water partition coefficient (Wildman–Crippen LogP) is 3.26. The maximum absolute atomic E-state index is 10.2. The van der Waals surface area contributed by atoms with Crippen LogP contribution in [0.5, 0.6) is 5.75 Å². The lowest BCUT2D eigenvalue weighted by Crippen LogP contribution is -2.23. The van der Waals surface area contributed by atoms with Crippen molar-refractivity contribution in [3.8, 4) is 5.75 Å². The van der Waals surface area contributed by atoms with Gasteiger partial charge in [-0.15, -0.1) is 0 Å². The van der Waals surface area contributed by atoms with Crippen LogP contribution in [0.2, 0.25) is 0 Å². The smallest absolute Gasteiger partial charge is 0.133 e. The molecule has 1 aliphatic rings. The number of aliphatic hydroxyl groups is 1. The van der Waals surface area contributed by atoms with E-state index < -0.39 is 0 Å². The second-order valence-electron chi connectivity index (χ2n) is 4.29. The number of hydrogen-bond acceptors (Lipinski definition) is 3. The summed E-state index contributed by atoms with van der Waals surface area (Å²) in [7, 11) is 1.66. The summed E-state index contributed by atoms with van der Waals surface area (Å²) in [6, 6.07) is 5.99. The predicted molar refractivity (Wildman–Crippen MR) is 75.9 cm³/mol. The lowest BCUT2D eigenvalue weighted by molar-refractivity contribution is 0.170. The van der Waals surface area contributed by atoms with Crippen molar-refractivity contribution in [3.05, 3.63) is 28.2 Å². The van der Waals surface area contributed by atoms with Gasteiger partial charge in [-0.25, -0.2) is 0 Å². The van der Waals surface area contributed by atoms with Crippen LogP contribution in [0.4, 0.5) is 0 Å². The molecule has 1 fully saturated rings. The number of aliphatic hydroxyl groups excluding tert-OH is 1. The summed E-state index contributed by atoms with van der Waals surface area (Å²) in [5.41, 5.74) is 1.15. The molecule has 94 valence electrons. The standard InChI is InChI=1S/C13H17BrO2S/c1-16-12-5-4-9(7-10(12)14)8-11(15)13-3-2-6-17-13/h4-5,7,11,13,15H,2-3,6,8H2,1H3. The number of ether oxygens (including phenoxy) is 1. The van der Waals surface area contributed by atoms with E-state index in [1.165, 1.54) is 12.2 Å². The van der Waals surface area contributed by atoms with Gasteiger partial charge in [-0.1, -0.05) is 6.07 Å². The molecule has 1 aliphatic heterocycles. The molecular formula is C13H17BrO2S. The van der Waals surface area contributed by atoms with E-state index in [1.807, 2.05) is 30.0 Å². The molecule has 2 atom stereocenters. The number of methoxy groups -OCH3 is 1. The zero-order valence-electron chi connectivity index (χ0n) is 9.86. The van der Waals surface area contributed by atoms with Crippen molar-refractivity contribution in [2.45, 2.75) is 30.6 Å². The van der Waals surface area contributed by atoms with Crippen LogP contribution in [0.25, 0.3) is 0 Å². The van der Waals surface area contributed by atoms with Gasteiger partial charge in [0.05, 0.1) is 17.7 Å². The van der Waals surface area contributed by atoms with Gasteiger partial charge in [0.2, 0.25) is 0 Å². The number of rotatable bonds is 4. The monoisotopic (exact) mass is 316 g/mol. The summed E-state index contributed by atoms with van der Waals surface area (Å²) in [6.45, 7) is 0. The van der Waals surface area contributed by atoms with Gasteiger partial charge >= 0.3 is 0 Å². The lowest BCUT2D eigenvalue weighted by atomic mass is 10.0. The maximum Gasteiger partial charge on any atom is 0.133 e. The molecule has 1 aromatic carbocycles. The molecule has 0 saturated carbocycles. The van der Waals surface area contributed by atoms with Gasteiger partial charge in [0.15, 0.2) is 0 Å². The average Bonchev–Trinajstić information content (AvgIpc) is 2.82. The van der Waals surface area contributed by atoms with Gasteiger partial charge in [0, 0.05) is 5.25 Å². The lowest BCUT2D eigenvalue weighted by Gasteiger charge is -2.17. The van der Waals surface area contributed by atoms with Gasteiger partial charge in [-0.05, 0) is 58.6 Å². The van der Waals surface area contributed by atoms with E-state index in [2.05, 4.69) is 15.9 Å². The first-order chi connectivity index (χ1) is 8.20. The van der Waals surface area contributed by atoms with Gasteiger partial charge in [-0.3, -0.25) is 0 Å². The van der Waals surface area contributed by atoms with Gasteiger partial charge in [-0.2, -0.15) is 11.8 Å². The normalized spacial score (nSPS) is 21.5. The van der Waals surface area contributed by atoms with E-state index in [-0.39, 0.29) is 6.10 Å². The van der Waals surface area contributed by atoms with Crippen LogP contribution >= 0.6 is 27.7 Å². The summed E-state index contributed by atoms with van der Waals surface area (Å²) in [5, 5.41) is 10.6. The average molecular weight is 317 g/mol. The number of hydrogen-bond donors (Lipinski definition) is 1. The van der Waals surface area contributed by atoms with Crippen molar-refractivity contribution in [1.82, 2.24) is 0 Å². The van der Waals surface area contributed by atoms with Crippen molar-refractivity contribution in [2.24, 2.45) is 0 Å². The fourth-order valence-corrected chi connectivity index (χ4v) is 3.99. The van der Waals surface area contributed by atoms with E-state index in [9.17, 15) is 5.11 Å². The van der Waals surface area contributed by atoms with Crippen LogP contribution in [0, 0.1) is 0 Å². The molecule has 1 aromatic rings. The third kappa shape index (κ3) is 3.39. The van der Waals surface area contributed by atoms with E-state index in [4.69, 9.17) is 4.74 Å². The van der Waals surface area contributed by atoms with Gasteiger partial charge < -0.3 is 9.84 Å². The second-order valence-corrected chi connectivity index (χ2v) is 6.49.